The number of hydrogen-bond donors (Lipinski definition) is 1. The minimum absolute atomic E-state index is 0.0834. The lowest BCUT2D eigenvalue weighted by Gasteiger charge is -2.25. The van der Waals surface area contributed by atoms with E-state index in [1.807, 2.05) is 0 Å². The second kappa shape index (κ2) is 7.75. The van der Waals surface area contributed by atoms with Gasteiger partial charge in [-0.1, -0.05) is 19.9 Å². The number of carbonyl (C=O) groups excluding carboxylic acids is 1. The first-order valence-electron chi connectivity index (χ1n) is 6.72. The van der Waals surface area contributed by atoms with Crippen molar-refractivity contribution < 1.29 is 14.3 Å². The largest absolute Gasteiger partial charge is 0.494 e. The average molecular weight is 280 g/mol. The van der Waals surface area contributed by atoms with Gasteiger partial charge in [-0.15, -0.1) is 0 Å². The van der Waals surface area contributed by atoms with Crippen molar-refractivity contribution >= 4 is 11.6 Å². The number of methoxy groups -OCH3 is 2. The standard InChI is InChI=1S/C15H24N2O3/c1-11(2)10-17(8-9-19-3)15(18)12-6-5-7-13(16)14(12)20-4/h5-7,11H,8-10,16H2,1-4H3. The number of hydrogen-bond acceptors (Lipinski definition) is 4. The zero-order chi connectivity index (χ0) is 15.1. The van der Waals surface area contributed by atoms with Crippen molar-refractivity contribution in [2.45, 2.75) is 13.8 Å². The number of benzene rings is 1. The highest BCUT2D eigenvalue weighted by molar-refractivity contribution is 5.98. The lowest BCUT2D eigenvalue weighted by molar-refractivity contribution is 0.0669. The molecule has 1 amide bonds. The average Bonchev–Trinajstić information content (AvgIpc) is 2.42. The van der Waals surface area contributed by atoms with Crippen LogP contribution in [-0.2, 0) is 4.74 Å². The molecule has 1 aromatic carbocycles. The van der Waals surface area contributed by atoms with Crippen LogP contribution < -0.4 is 10.5 Å². The molecular formula is C15H24N2O3. The topological polar surface area (TPSA) is 64.8 Å². The molecule has 0 aliphatic heterocycles. The Bertz CT molecular complexity index is 447. The molecule has 1 rings (SSSR count). The van der Waals surface area contributed by atoms with E-state index in [1.54, 1.807) is 30.2 Å². The zero-order valence-corrected chi connectivity index (χ0v) is 12.7. The van der Waals surface area contributed by atoms with E-state index in [0.717, 1.165) is 0 Å². The fraction of sp³-hybridized carbons (Fsp3) is 0.533. The summed E-state index contributed by atoms with van der Waals surface area (Å²) in [6, 6.07) is 5.21. The SMILES string of the molecule is COCCN(CC(C)C)C(=O)c1cccc(N)c1OC. The molecule has 0 aliphatic rings. The van der Waals surface area contributed by atoms with E-state index in [1.165, 1.54) is 7.11 Å². The second-order valence-corrected chi connectivity index (χ2v) is 5.07. The van der Waals surface area contributed by atoms with Gasteiger partial charge in [0.15, 0.2) is 5.75 Å². The maximum atomic E-state index is 12.7. The fourth-order valence-electron chi connectivity index (χ4n) is 2.04. The van der Waals surface area contributed by atoms with Gasteiger partial charge >= 0.3 is 0 Å². The van der Waals surface area contributed by atoms with E-state index in [4.69, 9.17) is 15.2 Å². The molecule has 5 heteroatoms. The van der Waals surface area contributed by atoms with Crippen LogP contribution in [0.25, 0.3) is 0 Å². The van der Waals surface area contributed by atoms with Crippen LogP contribution in [0, 0.1) is 5.92 Å². The van der Waals surface area contributed by atoms with Gasteiger partial charge in [0.1, 0.15) is 0 Å². The van der Waals surface area contributed by atoms with Crippen LogP contribution in [0.2, 0.25) is 0 Å². The van der Waals surface area contributed by atoms with Gasteiger partial charge in [0, 0.05) is 20.2 Å². The van der Waals surface area contributed by atoms with Crippen molar-refractivity contribution in [2.75, 3.05) is 39.6 Å². The number of rotatable bonds is 7. The molecule has 0 unspecified atom stereocenters. The van der Waals surface area contributed by atoms with Gasteiger partial charge in [0.05, 0.1) is 25.0 Å². The third-order valence-electron chi connectivity index (χ3n) is 2.92. The second-order valence-electron chi connectivity index (χ2n) is 5.07. The third kappa shape index (κ3) is 4.13. The van der Waals surface area contributed by atoms with E-state index in [0.29, 0.717) is 42.6 Å². The number of amides is 1. The number of anilines is 1. The highest BCUT2D eigenvalue weighted by atomic mass is 16.5. The molecule has 20 heavy (non-hydrogen) atoms. The summed E-state index contributed by atoms with van der Waals surface area (Å²) in [4.78, 5) is 14.4. The van der Waals surface area contributed by atoms with Crippen LogP contribution in [0.3, 0.4) is 0 Å². The first kappa shape index (κ1) is 16.3. The Morgan fingerprint density at radius 2 is 2.05 bits per heavy atom. The van der Waals surface area contributed by atoms with E-state index in [9.17, 15) is 4.79 Å². The number of ether oxygens (including phenoxy) is 2. The van der Waals surface area contributed by atoms with Crippen molar-refractivity contribution in [2.24, 2.45) is 5.92 Å². The smallest absolute Gasteiger partial charge is 0.257 e. The van der Waals surface area contributed by atoms with Crippen molar-refractivity contribution in [1.29, 1.82) is 0 Å². The normalized spacial score (nSPS) is 10.7. The van der Waals surface area contributed by atoms with Gasteiger partial charge in [-0.05, 0) is 18.1 Å². The summed E-state index contributed by atoms with van der Waals surface area (Å²) in [7, 11) is 3.14. The van der Waals surface area contributed by atoms with Crippen LogP contribution in [0.4, 0.5) is 5.69 Å². The summed E-state index contributed by atoms with van der Waals surface area (Å²) in [5.41, 5.74) is 6.81. The first-order valence-corrected chi connectivity index (χ1v) is 6.72. The predicted molar refractivity (Wildman–Crippen MR) is 80.0 cm³/mol. The van der Waals surface area contributed by atoms with E-state index in [2.05, 4.69) is 13.8 Å². The first-order chi connectivity index (χ1) is 9.51. The zero-order valence-electron chi connectivity index (χ0n) is 12.7. The summed E-state index contributed by atoms with van der Waals surface area (Å²) < 4.78 is 10.3. The summed E-state index contributed by atoms with van der Waals surface area (Å²) in [6.07, 6.45) is 0. The van der Waals surface area contributed by atoms with Gasteiger partial charge in [-0.2, -0.15) is 0 Å². The third-order valence-corrected chi connectivity index (χ3v) is 2.92. The van der Waals surface area contributed by atoms with Crippen LogP contribution >= 0.6 is 0 Å². The Balaban J connectivity index is 3.01. The lowest BCUT2D eigenvalue weighted by atomic mass is 10.1. The Morgan fingerprint density at radius 3 is 2.60 bits per heavy atom. The van der Waals surface area contributed by atoms with Crippen molar-refractivity contribution in [1.82, 2.24) is 4.90 Å². The number of nitrogens with two attached hydrogens (primary N) is 1. The molecule has 0 saturated heterocycles. The van der Waals surface area contributed by atoms with E-state index < -0.39 is 0 Å². The maximum absolute atomic E-state index is 12.7. The molecule has 0 atom stereocenters. The summed E-state index contributed by atoms with van der Waals surface area (Å²) >= 11 is 0. The summed E-state index contributed by atoms with van der Waals surface area (Å²) in [5.74, 6) is 0.728. The van der Waals surface area contributed by atoms with Gasteiger partial charge < -0.3 is 20.1 Å². The highest BCUT2D eigenvalue weighted by Gasteiger charge is 2.21. The molecule has 0 bridgehead atoms. The number of nitrogens with zero attached hydrogens (tertiary/aromatic N) is 1. The fourth-order valence-corrected chi connectivity index (χ4v) is 2.04. The molecule has 112 valence electrons. The Hall–Kier alpha value is -1.75. The van der Waals surface area contributed by atoms with Crippen molar-refractivity contribution in [3.8, 4) is 5.75 Å². The molecule has 0 aliphatic carbocycles. The van der Waals surface area contributed by atoms with Gasteiger partial charge in [0.2, 0.25) is 0 Å². The Morgan fingerprint density at radius 1 is 1.35 bits per heavy atom. The lowest BCUT2D eigenvalue weighted by Crippen LogP contribution is -2.37. The number of carbonyl (C=O) groups is 1. The quantitative estimate of drug-likeness (QED) is 0.776. The van der Waals surface area contributed by atoms with Gasteiger partial charge in [0.25, 0.3) is 5.91 Å². The monoisotopic (exact) mass is 280 g/mol. The summed E-state index contributed by atoms with van der Waals surface area (Å²) in [5, 5.41) is 0. The van der Waals surface area contributed by atoms with Crippen molar-refractivity contribution in [3.05, 3.63) is 23.8 Å². The predicted octanol–water partition coefficient (Wildman–Crippen LogP) is 2.02. The molecule has 0 saturated carbocycles. The van der Waals surface area contributed by atoms with Crippen LogP contribution in [-0.4, -0.2) is 44.7 Å². The van der Waals surface area contributed by atoms with E-state index in [-0.39, 0.29) is 5.91 Å². The maximum Gasteiger partial charge on any atom is 0.257 e. The molecule has 0 radical (unpaired) electrons. The number of para-hydroxylation sites is 1. The molecule has 0 aromatic heterocycles. The van der Waals surface area contributed by atoms with Crippen LogP contribution in [0.15, 0.2) is 18.2 Å². The number of nitrogen functional groups attached to an aromatic ring is 1. The molecule has 1 aromatic rings. The molecule has 0 spiro atoms. The minimum Gasteiger partial charge on any atom is -0.494 e. The van der Waals surface area contributed by atoms with Crippen LogP contribution in [0.5, 0.6) is 5.75 Å². The Kier molecular flexibility index (Phi) is 6.31. The summed E-state index contributed by atoms with van der Waals surface area (Å²) in [6.45, 7) is 5.86. The Labute approximate surface area is 120 Å². The highest BCUT2D eigenvalue weighted by Crippen LogP contribution is 2.27. The molecule has 5 nitrogen and oxygen atoms in total. The van der Waals surface area contributed by atoms with Crippen LogP contribution in [0.1, 0.15) is 24.2 Å². The molecule has 0 heterocycles. The molecule has 0 fully saturated rings. The minimum atomic E-state index is -0.0834. The van der Waals surface area contributed by atoms with Gasteiger partial charge in [-0.25, -0.2) is 0 Å². The van der Waals surface area contributed by atoms with Gasteiger partial charge in [-0.3, -0.25) is 4.79 Å². The van der Waals surface area contributed by atoms with Crippen molar-refractivity contribution in [3.63, 3.8) is 0 Å². The molecular weight excluding hydrogens is 256 g/mol. The van der Waals surface area contributed by atoms with E-state index >= 15 is 0 Å². The molecule has 2 N–H and O–H groups in total.